The van der Waals surface area contributed by atoms with Crippen LogP contribution in [0.2, 0.25) is 0 Å². The van der Waals surface area contributed by atoms with Gasteiger partial charge < -0.3 is 19.3 Å². The van der Waals surface area contributed by atoms with Gasteiger partial charge in [0.2, 0.25) is 5.76 Å². The maximum atomic E-state index is 13.6. The topological polar surface area (TPSA) is 74.0 Å². The van der Waals surface area contributed by atoms with Gasteiger partial charge in [-0.1, -0.05) is 26.0 Å². The molecule has 0 radical (unpaired) electrons. The molecule has 2 aromatic carbocycles. The third kappa shape index (κ3) is 3.61. The number of benzene rings is 2. The second-order valence-corrected chi connectivity index (χ2v) is 8.13. The van der Waals surface area contributed by atoms with Crippen molar-refractivity contribution in [2.24, 2.45) is 0 Å². The Morgan fingerprint density at radius 3 is 2.32 bits per heavy atom. The molecule has 1 aliphatic heterocycles. The molecule has 3 aromatic rings. The molecule has 1 amide bonds. The minimum absolute atomic E-state index is 0.123. The predicted octanol–water partition coefficient (Wildman–Crippen LogP) is 4.00. The average molecular weight is 421 g/mol. The molecule has 162 valence electrons. The van der Waals surface area contributed by atoms with E-state index in [1.807, 2.05) is 26.0 Å². The molecule has 6 heteroatoms. The lowest BCUT2D eigenvalue weighted by molar-refractivity contribution is 0.0708. The Bertz CT molecular complexity index is 1190. The minimum atomic E-state index is -0.541. The number of hydrogen-bond acceptors (Lipinski definition) is 5. The highest BCUT2D eigenvalue weighted by molar-refractivity contribution is 5.99. The zero-order valence-corrected chi connectivity index (χ0v) is 18.4. The highest BCUT2D eigenvalue weighted by Crippen LogP contribution is 2.38. The molecule has 0 aliphatic carbocycles. The molecular weight excluding hydrogens is 392 g/mol. The summed E-state index contributed by atoms with van der Waals surface area (Å²) in [7, 11) is 0. The molecule has 2 heterocycles. The Kier molecular flexibility index (Phi) is 5.58. The van der Waals surface area contributed by atoms with Gasteiger partial charge in [0.25, 0.3) is 5.91 Å². The Hall–Kier alpha value is -3.12. The highest BCUT2D eigenvalue weighted by Gasteiger charge is 2.42. The van der Waals surface area contributed by atoms with Gasteiger partial charge in [-0.3, -0.25) is 9.59 Å². The van der Waals surface area contributed by atoms with Crippen molar-refractivity contribution in [1.29, 1.82) is 0 Å². The summed E-state index contributed by atoms with van der Waals surface area (Å²) in [6.45, 7) is 11.0. The SMILES string of the molecule is CCN(CC)CCN1C(=O)c2oc3cc(C)c(C)cc3c(=O)c2C1c1ccc(O)cc1. The number of carbonyl (C=O) groups is 1. The second kappa shape index (κ2) is 8.19. The summed E-state index contributed by atoms with van der Waals surface area (Å²) in [6, 6.07) is 9.81. The molecule has 1 N–H and O–H groups in total. The summed E-state index contributed by atoms with van der Waals surface area (Å²) in [5.41, 5.74) is 3.44. The third-order valence-corrected chi connectivity index (χ3v) is 6.34. The molecule has 1 aromatic heterocycles. The van der Waals surface area contributed by atoms with E-state index in [2.05, 4.69) is 18.7 Å². The lowest BCUT2D eigenvalue weighted by Crippen LogP contribution is -2.37. The Balaban J connectivity index is 1.89. The van der Waals surface area contributed by atoms with Crippen molar-refractivity contribution >= 4 is 16.9 Å². The molecule has 0 saturated carbocycles. The van der Waals surface area contributed by atoms with Gasteiger partial charge in [-0.25, -0.2) is 0 Å². The first kappa shape index (κ1) is 21.1. The lowest BCUT2D eigenvalue weighted by Gasteiger charge is -2.28. The first-order chi connectivity index (χ1) is 14.8. The molecular formula is C25H28N2O4. The van der Waals surface area contributed by atoms with Crippen LogP contribution in [-0.4, -0.2) is 47.0 Å². The molecule has 1 unspecified atom stereocenters. The number of aromatic hydroxyl groups is 1. The fourth-order valence-electron chi connectivity index (χ4n) is 4.30. The van der Waals surface area contributed by atoms with Crippen molar-refractivity contribution in [3.63, 3.8) is 0 Å². The summed E-state index contributed by atoms with van der Waals surface area (Å²) < 4.78 is 6.04. The number of rotatable bonds is 6. The summed E-state index contributed by atoms with van der Waals surface area (Å²) >= 11 is 0. The van der Waals surface area contributed by atoms with Gasteiger partial charge in [0, 0.05) is 13.1 Å². The van der Waals surface area contributed by atoms with Crippen molar-refractivity contribution in [3.8, 4) is 5.75 Å². The van der Waals surface area contributed by atoms with E-state index in [-0.39, 0.29) is 22.8 Å². The number of amides is 1. The number of nitrogens with zero attached hydrogens (tertiary/aromatic N) is 2. The maximum Gasteiger partial charge on any atom is 0.290 e. The Morgan fingerprint density at radius 2 is 1.68 bits per heavy atom. The van der Waals surface area contributed by atoms with Crippen LogP contribution < -0.4 is 5.43 Å². The number of phenolic OH excluding ortho intramolecular Hbond substituents is 1. The summed E-state index contributed by atoms with van der Waals surface area (Å²) in [4.78, 5) is 30.9. The largest absolute Gasteiger partial charge is 0.508 e. The normalized spacial score (nSPS) is 15.8. The van der Waals surface area contributed by atoms with Crippen LogP contribution in [0.5, 0.6) is 5.75 Å². The van der Waals surface area contributed by atoms with Crippen molar-refractivity contribution < 1.29 is 14.3 Å². The highest BCUT2D eigenvalue weighted by atomic mass is 16.3. The van der Waals surface area contributed by atoms with Crippen LogP contribution in [-0.2, 0) is 0 Å². The van der Waals surface area contributed by atoms with Gasteiger partial charge in [0.05, 0.1) is 17.0 Å². The predicted molar refractivity (Wildman–Crippen MR) is 121 cm³/mol. The smallest absolute Gasteiger partial charge is 0.290 e. The molecule has 31 heavy (non-hydrogen) atoms. The molecule has 0 bridgehead atoms. The molecule has 1 aliphatic rings. The molecule has 0 fully saturated rings. The van der Waals surface area contributed by atoms with Crippen LogP contribution in [0.1, 0.15) is 52.7 Å². The Labute approximate surface area is 181 Å². The maximum absolute atomic E-state index is 13.6. The van der Waals surface area contributed by atoms with Crippen molar-refractivity contribution in [1.82, 2.24) is 9.80 Å². The summed E-state index contributed by atoms with van der Waals surface area (Å²) in [6.07, 6.45) is 0. The van der Waals surface area contributed by atoms with Crippen LogP contribution in [0, 0.1) is 13.8 Å². The van der Waals surface area contributed by atoms with E-state index in [1.165, 1.54) is 0 Å². The standard InChI is InChI=1S/C25H28N2O4/c1-5-26(6-2)11-12-27-22(17-7-9-18(28)10-8-17)21-23(29)19-13-15(3)16(4)14-20(19)31-24(21)25(27)30/h7-10,13-14,22,28H,5-6,11-12H2,1-4H3. The van der Waals surface area contributed by atoms with Gasteiger partial charge in [-0.15, -0.1) is 0 Å². The number of carbonyl (C=O) groups excluding carboxylic acids is 1. The summed E-state index contributed by atoms with van der Waals surface area (Å²) in [5, 5.41) is 10.2. The third-order valence-electron chi connectivity index (χ3n) is 6.34. The molecule has 0 saturated heterocycles. The van der Waals surface area contributed by atoms with E-state index >= 15 is 0 Å². The average Bonchev–Trinajstić information content (AvgIpc) is 3.03. The number of phenols is 1. The van der Waals surface area contributed by atoms with E-state index in [1.54, 1.807) is 29.2 Å². The molecule has 6 nitrogen and oxygen atoms in total. The van der Waals surface area contributed by atoms with Gasteiger partial charge >= 0.3 is 0 Å². The van der Waals surface area contributed by atoms with Crippen LogP contribution in [0.15, 0.2) is 45.6 Å². The van der Waals surface area contributed by atoms with E-state index < -0.39 is 6.04 Å². The Morgan fingerprint density at radius 1 is 1.03 bits per heavy atom. The van der Waals surface area contributed by atoms with Gasteiger partial charge in [-0.05, 0) is 67.9 Å². The van der Waals surface area contributed by atoms with Crippen LogP contribution >= 0.6 is 0 Å². The lowest BCUT2D eigenvalue weighted by atomic mass is 9.97. The van der Waals surface area contributed by atoms with Crippen molar-refractivity contribution in [2.45, 2.75) is 33.7 Å². The fraction of sp³-hybridized carbons (Fsp3) is 0.360. The molecule has 0 spiro atoms. The van der Waals surface area contributed by atoms with E-state index in [4.69, 9.17) is 4.42 Å². The fourth-order valence-corrected chi connectivity index (χ4v) is 4.30. The first-order valence-electron chi connectivity index (χ1n) is 10.8. The van der Waals surface area contributed by atoms with Crippen LogP contribution in [0.4, 0.5) is 0 Å². The van der Waals surface area contributed by atoms with E-state index in [0.717, 1.165) is 29.8 Å². The zero-order chi connectivity index (χ0) is 22.3. The van der Waals surface area contributed by atoms with E-state index in [0.29, 0.717) is 29.6 Å². The van der Waals surface area contributed by atoms with Crippen LogP contribution in [0.25, 0.3) is 11.0 Å². The van der Waals surface area contributed by atoms with Crippen LogP contribution in [0.3, 0.4) is 0 Å². The number of likely N-dealkylation sites (N-methyl/N-ethyl adjacent to an activating group) is 1. The number of hydrogen-bond donors (Lipinski definition) is 1. The van der Waals surface area contributed by atoms with Crippen molar-refractivity contribution in [2.75, 3.05) is 26.2 Å². The second-order valence-electron chi connectivity index (χ2n) is 8.13. The van der Waals surface area contributed by atoms with E-state index in [9.17, 15) is 14.7 Å². The number of fused-ring (bicyclic) bond motifs is 2. The molecule has 1 atom stereocenters. The first-order valence-corrected chi connectivity index (χ1v) is 10.8. The van der Waals surface area contributed by atoms with Crippen molar-refractivity contribution in [3.05, 3.63) is 74.6 Å². The monoisotopic (exact) mass is 420 g/mol. The molecule has 4 rings (SSSR count). The van der Waals surface area contributed by atoms with Gasteiger partial charge in [0.15, 0.2) is 5.43 Å². The number of aryl methyl sites for hydroxylation is 2. The summed E-state index contributed by atoms with van der Waals surface area (Å²) in [5.74, 6) is -0.00420. The zero-order valence-electron chi connectivity index (χ0n) is 18.4. The van der Waals surface area contributed by atoms with Gasteiger partial charge in [-0.2, -0.15) is 0 Å². The minimum Gasteiger partial charge on any atom is -0.508 e. The van der Waals surface area contributed by atoms with Gasteiger partial charge in [0.1, 0.15) is 11.3 Å². The quantitative estimate of drug-likeness (QED) is 0.652.